The molecule has 0 radical (unpaired) electrons. The first-order chi connectivity index (χ1) is 10.7. The van der Waals surface area contributed by atoms with Crippen molar-refractivity contribution in [2.24, 2.45) is 5.92 Å². The van der Waals surface area contributed by atoms with Gasteiger partial charge in [0.2, 0.25) is 5.91 Å². The molecular weight excluding hydrogens is 278 g/mol. The fourth-order valence-corrected chi connectivity index (χ4v) is 3.00. The molecule has 1 aliphatic heterocycles. The number of likely N-dealkylation sites (tertiary alicyclic amines) is 1. The van der Waals surface area contributed by atoms with Gasteiger partial charge in [-0.05, 0) is 57.0 Å². The Hall–Kier alpha value is -1.88. The molecule has 1 saturated carbocycles. The third kappa shape index (κ3) is 3.30. The Kier molecular flexibility index (Phi) is 4.43. The summed E-state index contributed by atoms with van der Waals surface area (Å²) in [4.78, 5) is 26.3. The van der Waals surface area contributed by atoms with Crippen molar-refractivity contribution in [1.29, 1.82) is 0 Å². The van der Waals surface area contributed by atoms with Gasteiger partial charge in [0.05, 0.1) is 0 Å². The lowest BCUT2D eigenvalue weighted by atomic mass is 10.1. The zero-order chi connectivity index (χ0) is 15.5. The summed E-state index contributed by atoms with van der Waals surface area (Å²) in [6.45, 7) is 1.66. The minimum atomic E-state index is 0.0813. The normalized spacial score (nSPS) is 21.0. The standard InChI is InChI=1S/C17H23N3O2/c1-18-11-15-3-2-10-20(15)17(22)13-6-8-14(9-7-13)19-16(21)12-4-5-12/h6-9,12,15,18H,2-5,10-11H2,1H3,(H,19,21). The lowest BCUT2D eigenvalue weighted by Crippen LogP contribution is -2.40. The molecule has 3 rings (SSSR count). The van der Waals surface area contributed by atoms with Crippen LogP contribution in [0.3, 0.4) is 0 Å². The molecule has 1 unspecified atom stereocenters. The van der Waals surface area contributed by atoms with Gasteiger partial charge in [0.25, 0.3) is 5.91 Å². The van der Waals surface area contributed by atoms with Gasteiger partial charge in [0.1, 0.15) is 0 Å². The second-order valence-corrected chi connectivity index (χ2v) is 6.19. The quantitative estimate of drug-likeness (QED) is 0.872. The van der Waals surface area contributed by atoms with Crippen molar-refractivity contribution in [3.8, 4) is 0 Å². The van der Waals surface area contributed by atoms with Gasteiger partial charge in [0, 0.05) is 36.3 Å². The number of rotatable bonds is 5. The van der Waals surface area contributed by atoms with E-state index in [0.29, 0.717) is 5.56 Å². The topological polar surface area (TPSA) is 61.4 Å². The zero-order valence-corrected chi connectivity index (χ0v) is 13.0. The van der Waals surface area contributed by atoms with Crippen LogP contribution in [0.1, 0.15) is 36.0 Å². The van der Waals surface area contributed by atoms with Crippen molar-refractivity contribution in [3.05, 3.63) is 29.8 Å². The molecule has 5 heteroatoms. The van der Waals surface area contributed by atoms with E-state index in [4.69, 9.17) is 0 Å². The lowest BCUT2D eigenvalue weighted by molar-refractivity contribution is -0.117. The Morgan fingerprint density at radius 2 is 1.91 bits per heavy atom. The third-order valence-corrected chi connectivity index (χ3v) is 4.43. The fourth-order valence-electron chi connectivity index (χ4n) is 3.00. The Bertz CT molecular complexity index is 552. The molecule has 5 nitrogen and oxygen atoms in total. The molecule has 22 heavy (non-hydrogen) atoms. The van der Waals surface area contributed by atoms with Gasteiger partial charge >= 0.3 is 0 Å². The maximum atomic E-state index is 12.6. The van der Waals surface area contributed by atoms with Crippen LogP contribution >= 0.6 is 0 Å². The van der Waals surface area contributed by atoms with E-state index < -0.39 is 0 Å². The van der Waals surface area contributed by atoms with Crippen LogP contribution in [0.15, 0.2) is 24.3 Å². The number of carbonyl (C=O) groups excluding carboxylic acids is 2. The van der Waals surface area contributed by atoms with E-state index in [1.54, 1.807) is 12.1 Å². The summed E-state index contributed by atoms with van der Waals surface area (Å²) in [5.74, 6) is 0.360. The summed E-state index contributed by atoms with van der Waals surface area (Å²) >= 11 is 0. The number of carbonyl (C=O) groups is 2. The molecule has 0 bridgehead atoms. The number of hydrogen-bond donors (Lipinski definition) is 2. The molecule has 0 spiro atoms. The molecule has 1 aromatic carbocycles. The number of likely N-dealkylation sites (N-methyl/N-ethyl adjacent to an activating group) is 1. The van der Waals surface area contributed by atoms with Crippen molar-refractivity contribution in [2.45, 2.75) is 31.7 Å². The molecule has 1 atom stereocenters. The van der Waals surface area contributed by atoms with E-state index in [9.17, 15) is 9.59 Å². The number of hydrogen-bond acceptors (Lipinski definition) is 3. The van der Waals surface area contributed by atoms with Gasteiger partial charge < -0.3 is 15.5 Å². The van der Waals surface area contributed by atoms with Gasteiger partial charge in [-0.25, -0.2) is 0 Å². The third-order valence-electron chi connectivity index (χ3n) is 4.43. The van der Waals surface area contributed by atoms with Gasteiger partial charge in [-0.3, -0.25) is 9.59 Å². The van der Waals surface area contributed by atoms with E-state index in [0.717, 1.165) is 44.5 Å². The van der Waals surface area contributed by atoms with Crippen LogP contribution in [0.2, 0.25) is 0 Å². The fraction of sp³-hybridized carbons (Fsp3) is 0.529. The van der Waals surface area contributed by atoms with E-state index >= 15 is 0 Å². The van der Waals surface area contributed by atoms with Crippen molar-refractivity contribution >= 4 is 17.5 Å². The monoisotopic (exact) mass is 301 g/mol. The van der Waals surface area contributed by atoms with Crippen LogP contribution in [0.5, 0.6) is 0 Å². The first kappa shape index (κ1) is 15.0. The Labute approximate surface area is 131 Å². The maximum absolute atomic E-state index is 12.6. The van der Waals surface area contributed by atoms with Crippen molar-refractivity contribution in [3.63, 3.8) is 0 Å². The second kappa shape index (κ2) is 6.48. The molecule has 1 heterocycles. The number of benzene rings is 1. The van der Waals surface area contributed by atoms with Gasteiger partial charge in [-0.1, -0.05) is 0 Å². The summed E-state index contributed by atoms with van der Waals surface area (Å²) < 4.78 is 0. The predicted octanol–water partition coefficient (Wildman–Crippen LogP) is 1.86. The summed E-state index contributed by atoms with van der Waals surface area (Å²) in [6.07, 6.45) is 4.10. The Morgan fingerprint density at radius 3 is 2.55 bits per heavy atom. The van der Waals surface area contributed by atoms with Crippen LogP contribution in [0.4, 0.5) is 5.69 Å². The highest BCUT2D eigenvalue weighted by atomic mass is 16.2. The molecule has 0 aromatic heterocycles. The van der Waals surface area contributed by atoms with E-state index in [-0.39, 0.29) is 23.8 Å². The molecule has 2 fully saturated rings. The molecule has 1 saturated heterocycles. The Balaban J connectivity index is 1.64. The van der Waals surface area contributed by atoms with Crippen LogP contribution in [-0.2, 0) is 4.79 Å². The number of anilines is 1. The van der Waals surface area contributed by atoms with Crippen molar-refractivity contribution in [1.82, 2.24) is 10.2 Å². The maximum Gasteiger partial charge on any atom is 0.254 e. The molecular formula is C17H23N3O2. The van der Waals surface area contributed by atoms with Crippen LogP contribution < -0.4 is 10.6 Å². The molecule has 1 aromatic rings. The average molecular weight is 301 g/mol. The molecule has 2 N–H and O–H groups in total. The van der Waals surface area contributed by atoms with Crippen molar-refractivity contribution in [2.75, 3.05) is 25.5 Å². The number of nitrogens with one attached hydrogen (secondary N) is 2. The molecule has 1 aliphatic carbocycles. The summed E-state index contributed by atoms with van der Waals surface area (Å²) in [5, 5.41) is 6.05. The molecule has 118 valence electrons. The van der Waals surface area contributed by atoms with E-state index in [2.05, 4.69) is 10.6 Å². The van der Waals surface area contributed by atoms with Gasteiger partial charge in [-0.2, -0.15) is 0 Å². The molecule has 2 aliphatic rings. The van der Waals surface area contributed by atoms with Gasteiger partial charge in [-0.15, -0.1) is 0 Å². The SMILES string of the molecule is CNCC1CCCN1C(=O)c1ccc(NC(=O)C2CC2)cc1. The van der Waals surface area contributed by atoms with Crippen LogP contribution in [0.25, 0.3) is 0 Å². The summed E-state index contributed by atoms with van der Waals surface area (Å²) in [6, 6.07) is 7.53. The minimum Gasteiger partial charge on any atom is -0.334 e. The molecule has 2 amide bonds. The van der Waals surface area contributed by atoms with E-state index in [1.807, 2.05) is 24.1 Å². The summed E-state index contributed by atoms with van der Waals surface area (Å²) in [5.41, 5.74) is 1.45. The highest BCUT2D eigenvalue weighted by molar-refractivity contribution is 5.97. The second-order valence-electron chi connectivity index (χ2n) is 6.19. The highest BCUT2D eigenvalue weighted by Gasteiger charge is 2.30. The lowest BCUT2D eigenvalue weighted by Gasteiger charge is -2.24. The van der Waals surface area contributed by atoms with Crippen molar-refractivity contribution < 1.29 is 9.59 Å². The predicted molar refractivity (Wildman–Crippen MR) is 85.8 cm³/mol. The number of nitrogens with zero attached hydrogens (tertiary/aromatic N) is 1. The minimum absolute atomic E-state index is 0.0813. The Morgan fingerprint density at radius 1 is 1.18 bits per heavy atom. The zero-order valence-electron chi connectivity index (χ0n) is 13.0. The highest BCUT2D eigenvalue weighted by Crippen LogP contribution is 2.30. The first-order valence-electron chi connectivity index (χ1n) is 8.05. The average Bonchev–Trinajstić information content (AvgIpc) is 3.28. The smallest absolute Gasteiger partial charge is 0.254 e. The first-order valence-corrected chi connectivity index (χ1v) is 8.05. The van der Waals surface area contributed by atoms with E-state index in [1.165, 1.54) is 0 Å². The number of amides is 2. The van der Waals surface area contributed by atoms with Crippen LogP contribution in [-0.4, -0.2) is 42.9 Å². The van der Waals surface area contributed by atoms with Gasteiger partial charge in [0.15, 0.2) is 0 Å². The largest absolute Gasteiger partial charge is 0.334 e. The summed E-state index contributed by atoms with van der Waals surface area (Å²) in [7, 11) is 1.91. The van der Waals surface area contributed by atoms with Crippen LogP contribution in [0, 0.1) is 5.92 Å².